The van der Waals surface area contributed by atoms with Crippen LogP contribution in [0.1, 0.15) is 34.3 Å². The van der Waals surface area contributed by atoms with Crippen LogP contribution in [0.3, 0.4) is 0 Å². The molecular formula is C13H16N4OS. The lowest BCUT2D eigenvalue weighted by Gasteiger charge is -2.03. The molecule has 6 heteroatoms. The van der Waals surface area contributed by atoms with E-state index in [2.05, 4.69) is 22.4 Å². The molecule has 1 aliphatic carbocycles. The van der Waals surface area contributed by atoms with Crippen LogP contribution in [0, 0.1) is 19.8 Å². The van der Waals surface area contributed by atoms with E-state index in [9.17, 15) is 4.79 Å². The molecule has 2 aromatic heterocycles. The Labute approximate surface area is 115 Å². The lowest BCUT2D eigenvalue weighted by atomic mass is 10.1. The van der Waals surface area contributed by atoms with Crippen molar-refractivity contribution in [3.8, 4) is 0 Å². The molecule has 19 heavy (non-hydrogen) atoms. The second-order valence-electron chi connectivity index (χ2n) is 5.23. The number of nitrogens with one attached hydrogen (secondary N) is 1. The number of rotatable bonds is 2. The number of amides is 1. The Kier molecular flexibility index (Phi) is 2.70. The summed E-state index contributed by atoms with van der Waals surface area (Å²) in [5, 5.41) is 12.1. The number of nitrogens with zero attached hydrogens (tertiary/aromatic N) is 2. The van der Waals surface area contributed by atoms with Crippen LogP contribution in [-0.2, 0) is 0 Å². The molecule has 1 saturated carbocycles. The molecule has 0 aliphatic heterocycles. The average Bonchev–Trinajstić information content (AvgIpc) is 2.93. The predicted octanol–water partition coefficient (Wildman–Crippen LogP) is 2.03. The van der Waals surface area contributed by atoms with Crippen LogP contribution in [0.5, 0.6) is 0 Å². The Morgan fingerprint density at radius 1 is 1.42 bits per heavy atom. The number of hydrogen-bond acceptors (Lipinski definition) is 5. The smallest absolute Gasteiger partial charge is 0.263 e. The minimum absolute atomic E-state index is 0.0908. The molecule has 3 rings (SSSR count). The Bertz CT molecular complexity index is 679. The maximum absolute atomic E-state index is 12.2. The molecule has 2 aromatic rings. The van der Waals surface area contributed by atoms with Crippen molar-refractivity contribution in [2.24, 2.45) is 5.92 Å². The van der Waals surface area contributed by atoms with Crippen molar-refractivity contribution in [2.45, 2.75) is 33.2 Å². The number of aromatic nitrogens is 2. The minimum atomic E-state index is -0.0908. The van der Waals surface area contributed by atoms with Gasteiger partial charge < -0.3 is 11.1 Å². The summed E-state index contributed by atoms with van der Waals surface area (Å²) < 4.78 is 0. The molecular weight excluding hydrogens is 260 g/mol. The maximum Gasteiger partial charge on any atom is 0.263 e. The summed E-state index contributed by atoms with van der Waals surface area (Å²) in [5.41, 5.74) is 8.50. The van der Waals surface area contributed by atoms with Gasteiger partial charge in [0, 0.05) is 11.4 Å². The molecule has 3 N–H and O–H groups in total. The molecule has 0 spiro atoms. The van der Waals surface area contributed by atoms with Gasteiger partial charge in [-0.1, -0.05) is 6.92 Å². The average molecular weight is 276 g/mol. The number of nitrogens with two attached hydrogens (primary N) is 1. The first-order chi connectivity index (χ1) is 8.99. The van der Waals surface area contributed by atoms with E-state index in [1.165, 1.54) is 11.3 Å². The topological polar surface area (TPSA) is 80.9 Å². The fraction of sp³-hybridized carbons (Fsp3) is 0.462. The monoisotopic (exact) mass is 276 g/mol. The number of carbonyl (C=O) groups is 1. The summed E-state index contributed by atoms with van der Waals surface area (Å²) >= 11 is 1.32. The van der Waals surface area contributed by atoms with Crippen LogP contribution in [0.15, 0.2) is 0 Å². The van der Waals surface area contributed by atoms with Gasteiger partial charge in [0.1, 0.15) is 9.71 Å². The summed E-state index contributed by atoms with van der Waals surface area (Å²) in [7, 11) is 0. The molecule has 1 aliphatic rings. The quantitative estimate of drug-likeness (QED) is 0.879. The zero-order valence-electron chi connectivity index (χ0n) is 11.2. The summed E-state index contributed by atoms with van der Waals surface area (Å²) in [5.74, 6) is 0.482. The first-order valence-electron chi connectivity index (χ1n) is 6.31. The first-order valence-corrected chi connectivity index (χ1v) is 7.13. The molecule has 1 fully saturated rings. The van der Waals surface area contributed by atoms with Crippen molar-refractivity contribution < 1.29 is 4.79 Å². The fourth-order valence-corrected chi connectivity index (χ4v) is 3.17. The Balaban J connectivity index is 2.02. The molecule has 0 bridgehead atoms. The van der Waals surface area contributed by atoms with E-state index in [0.717, 1.165) is 27.9 Å². The van der Waals surface area contributed by atoms with E-state index in [-0.39, 0.29) is 5.91 Å². The fourth-order valence-electron chi connectivity index (χ4n) is 2.17. The third-order valence-corrected chi connectivity index (χ3v) is 4.86. The molecule has 2 heterocycles. The Hall–Kier alpha value is -1.69. The summed E-state index contributed by atoms with van der Waals surface area (Å²) in [4.78, 5) is 13.5. The predicted molar refractivity (Wildman–Crippen MR) is 76.3 cm³/mol. The lowest BCUT2D eigenvalue weighted by molar-refractivity contribution is 0.0954. The van der Waals surface area contributed by atoms with Gasteiger partial charge >= 0.3 is 0 Å². The summed E-state index contributed by atoms with van der Waals surface area (Å²) in [6.07, 6.45) is 1.05. The minimum Gasteiger partial charge on any atom is -0.397 e. The zero-order chi connectivity index (χ0) is 13.7. The van der Waals surface area contributed by atoms with E-state index in [4.69, 9.17) is 5.73 Å². The number of fused-ring (bicyclic) bond motifs is 1. The normalized spacial score (nSPS) is 21.6. The molecule has 2 atom stereocenters. The van der Waals surface area contributed by atoms with Gasteiger partial charge in [-0.15, -0.1) is 16.4 Å². The molecule has 2 unspecified atom stereocenters. The van der Waals surface area contributed by atoms with Gasteiger partial charge in [-0.05, 0) is 31.7 Å². The molecule has 5 nitrogen and oxygen atoms in total. The van der Waals surface area contributed by atoms with Crippen molar-refractivity contribution in [3.05, 3.63) is 16.1 Å². The van der Waals surface area contributed by atoms with Crippen LogP contribution in [-0.4, -0.2) is 22.1 Å². The molecule has 0 saturated heterocycles. The van der Waals surface area contributed by atoms with Gasteiger partial charge in [-0.25, -0.2) is 0 Å². The van der Waals surface area contributed by atoms with Crippen LogP contribution in [0.25, 0.3) is 10.2 Å². The largest absolute Gasteiger partial charge is 0.397 e. The van der Waals surface area contributed by atoms with Crippen molar-refractivity contribution >= 4 is 33.1 Å². The number of anilines is 1. The van der Waals surface area contributed by atoms with E-state index in [1.807, 2.05) is 13.8 Å². The first kappa shape index (κ1) is 12.3. The van der Waals surface area contributed by atoms with E-state index < -0.39 is 0 Å². The van der Waals surface area contributed by atoms with E-state index in [0.29, 0.717) is 22.5 Å². The van der Waals surface area contributed by atoms with Crippen LogP contribution in [0.4, 0.5) is 5.69 Å². The van der Waals surface area contributed by atoms with Gasteiger partial charge in [0.15, 0.2) is 0 Å². The molecule has 1 amide bonds. The SMILES string of the molecule is Cc1nnc2sc(C(=O)NC3CC3C)c(N)c2c1C. The van der Waals surface area contributed by atoms with Crippen LogP contribution in [0.2, 0.25) is 0 Å². The van der Waals surface area contributed by atoms with Crippen molar-refractivity contribution in [1.82, 2.24) is 15.5 Å². The van der Waals surface area contributed by atoms with Crippen molar-refractivity contribution in [2.75, 3.05) is 5.73 Å². The highest BCUT2D eigenvalue weighted by atomic mass is 32.1. The number of thiophene rings is 1. The number of aryl methyl sites for hydroxylation is 2. The summed E-state index contributed by atoms with van der Waals surface area (Å²) in [6.45, 7) is 5.97. The van der Waals surface area contributed by atoms with Gasteiger partial charge in [0.2, 0.25) is 0 Å². The van der Waals surface area contributed by atoms with Crippen LogP contribution < -0.4 is 11.1 Å². The third kappa shape index (κ3) is 1.96. The highest BCUT2D eigenvalue weighted by Crippen LogP contribution is 2.36. The standard InChI is InChI=1S/C13H16N4OS/c1-5-4-8(5)15-12(18)11-10(14)9-6(2)7(3)16-17-13(9)19-11/h5,8H,4,14H2,1-3H3,(H,15,18). The Morgan fingerprint density at radius 2 is 2.11 bits per heavy atom. The van der Waals surface area contributed by atoms with Gasteiger partial charge in [0.05, 0.1) is 11.4 Å². The number of carbonyl (C=O) groups excluding carboxylic acids is 1. The second kappa shape index (κ2) is 4.16. The van der Waals surface area contributed by atoms with Gasteiger partial charge in [-0.2, -0.15) is 5.10 Å². The maximum atomic E-state index is 12.2. The molecule has 100 valence electrons. The molecule has 0 radical (unpaired) electrons. The van der Waals surface area contributed by atoms with Crippen LogP contribution >= 0.6 is 11.3 Å². The van der Waals surface area contributed by atoms with Gasteiger partial charge in [-0.3, -0.25) is 4.79 Å². The van der Waals surface area contributed by atoms with Crippen molar-refractivity contribution in [3.63, 3.8) is 0 Å². The van der Waals surface area contributed by atoms with E-state index >= 15 is 0 Å². The second-order valence-corrected chi connectivity index (χ2v) is 6.23. The highest BCUT2D eigenvalue weighted by Gasteiger charge is 2.35. The number of hydrogen-bond donors (Lipinski definition) is 2. The highest BCUT2D eigenvalue weighted by molar-refractivity contribution is 7.21. The van der Waals surface area contributed by atoms with Crippen molar-refractivity contribution in [1.29, 1.82) is 0 Å². The third-order valence-electron chi connectivity index (χ3n) is 3.77. The summed E-state index contributed by atoms with van der Waals surface area (Å²) in [6, 6.07) is 0.297. The number of nitrogen functional groups attached to an aromatic ring is 1. The van der Waals surface area contributed by atoms with Gasteiger partial charge in [0.25, 0.3) is 5.91 Å². The molecule has 0 aromatic carbocycles. The lowest BCUT2D eigenvalue weighted by Crippen LogP contribution is -2.26. The van der Waals surface area contributed by atoms with E-state index in [1.54, 1.807) is 0 Å². The zero-order valence-corrected chi connectivity index (χ0v) is 12.0. The Morgan fingerprint density at radius 3 is 2.74 bits per heavy atom.